The molecule has 0 fully saturated rings. The Hall–Kier alpha value is -0.460. The van der Waals surface area contributed by atoms with E-state index in [1.165, 1.54) is 5.56 Å². The fourth-order valence-electron chi connectivity index (χ4n) is 1.13. The van der Waals surface area contributed by atoms with Gasteiger partial charge in [0.25, 0.3) is 0 Å². The molecule has 1 aromatic carbocycles. The molecule has 0 heterocycles. The van der Waals surface area contributed by atoms with Crippen molar-refractivity contribution in [2.45, 2.75) is 6.54 Å². The summed E-state index contributed by atoms with van der Waals surface area (Å²) in [5.74, 6) is 0. The molecule has 1 rings (SSSR count). The van der Waals surface area contributed by atoms with Gasteiger partial charge in [-0.3, -0.25) is 0 Å². The molecule has 0 bridgehead atoms. The van der Waals surface area contributed by atoms with Gasteiger partial charge < -0.3 is 17.1 Å². The van der Waals surface area contributed by atoms with E-state index < -0.39 is 14.8 Å². The molecule has 0 amide bonds. The lowest BCUT2D eigenvalue weighted by Crippen LogP contribution is -2.42. The first-order valence-electron chi connectivity index (χ1n) is 4.39. The van der Waals surface area contributed by atoms with Crippen molar-refractivity contribution in [2.24, 2.45) is 0 Å². The number of quaternary nitrogens is 1. The summed E-state index contributed by atoms with van der Waals surface area (Å²) in [7, 11) is 6.60. The summed E-state index contributed by atoms with van der Waals surface area (Å²) in [6.07, 6.45) is 0. The molecular weight excluding hydrogens is 262 g/mol. The summed E-state index contributed by atoms with van der Waals surface area (Å²) < 4.78 is 26.6. The van der Waals surface area contributed by atoms with Gasteiger partial charge in [-0.2, -0.15) is 0 Å². The minimum absolute atomic E-state index is 0.990. The Morgan fingerprint density at radius 2 is 1.40 bits per heavy atom. The number of benzene rings is 1. The number of hydrogen-bond acceptors (Lipinski definition) is 3. The van der Waals surface area contributed by atoms with Gasteiger partial charge in [-0.1, -0.05) is 30.3 Å². The summed E-state index contributed by atoms with van der Waals surface area (Å²) in [5.41, 5.74) is 1.40. The maximum Gasteiger partial charge on any atom is 0.216 e. The van der Waals surface area contributed by atoms with Gasteiger partial charge in [0.15, 0.2) is 0 Å². The summed E-state index contributed by atoms with van der Waals surface area (Å²) in [4.78, 5) is 0. The van der Waals surface area contributed by atoms with Crippen LogP contribution in [0.4, 0.5) is 0 Å². The van der Waals surface area contributed by atoms with Crippen molar-refractivity contribution in [2.75, 3.05) is 21.1 Å². The van der Waals surface area contributed by atoms with E-state index >= 15 is 0 Å². The first kappa shape index (κ1) is 14.5. The number of hydrogen-bond donors (Lipinski definition) is 0. The predicted molar refractivity (Wildman–Crippen MR) is 48.2 cm³/mol. The summed E-state index contributed by atoms with van der Waals surface area (Å²) in [5, 5.41) is 0. The van der Waals surface area contributed by atoms with Crippen LogP contribution in [0.2, 0.25) is 0 Å². The number of halogens is 1. The van der Waals surface area contributed by atoms with E-state index in [1.54, 1.807) is 0 Å². The van der Waals surface area contributed by atoms with E-state index in [2.05, 4.69) is 51.5 Å². The van der Waals surface area contributed by atoms with Crippen LogP contribution >= 0.6 is 0 Å². The smallest absolute Gasteiger partial charge is 0.216 e. The van der Waals surface area contributed by atoms with E-state index in [0.29, 0.717) is 0 Å². The highest BCUT2D eigenvalue weighted by Gasteiger charge is 2.06. The molecule has 15 heavy (non-hydrogen) atoms. The fourth-order valence-corrected chi connectivity index (χ4v) is 1.13. The largest absolute Gasteiger partial charge is 0.405 e. The zero-order valence-corrected chi connectivity index (χ0v) is 10.7. The predicted octanol–water partition coefficient (Wildman–Crippen LogP) is -1.67. The summed E-state index contributed by atoms with van der Waals surface area (Å²) in [6.45, 7) is 1.10. The fraction of sp³-hybridized carbons (Fsp3) is 0.400. The quantitative estimate of drug-likeness (QED) is 0.607. The minimum atomic E-state index is -3.65. The van der Waals surface area contributed by atoms with Crippen LogP contribution in [-0.2, 0) is 6.54 Å². The zero-order chi connectivity index (χ0) is 11.9. The average Bonchev–Trinajstić information content (AvgIpc) is 2.01. The zero-order valence-electron chi connectivity index (χ0n) is 9.14. The van der Waals surface area contributed by atoms with Crippen LogP contribution in [-0.4, -0.2) is 25.6 Å². The minimum Gasteiger partial charge on any atom is -0.405 e. The Bertz CT molecular complexity index is 256. The van der Waals surface area contributed by atoms with Crippen LogP contribution in [0.25, 0.3) is 0 Å². The lowest BCUT2D eigenvalue weighted by molar-refractivity contribution is -1.73. The Morgan fingerprint density at radius 1 is 1.00 bits per heavy atom. The van der Waals surface area contributed by atoms with E-state index in [-0.39, 0.29) is 0 Å². The van der Waals surface area contributed by atoms with Crippen LogP contribution < -0.4 is 12.6 Å². The highest BCUT2D eigenvalue weighted by molar-refractivity contribution is 5.13. The molecule has 0 aliphatic rings. The molecule has 0 saturated heterocycles. The van der Waals surface area contributed by atoms with Crippen LogP contribution in [0.15, 0.2) is 30.3 Å². The third kappa shape index (κ3) is 11.5. The maximum absolute atomic E-state index is 8.52. The van der Waals surface area contributed by atoms with Crippen molar-refractivity contribution in [1.29, 1.82) is 0 Å². The van der Waals surface area contributed by atoms with E-state index in [1.807, 2.05) is 0 Å². The molecular formula is C10H16BrNO3. The maximum atomic E-state index is 8.52. The molecule has 1 aromatic rings. The molecule has 4 nitrogen and oxygen atoms in total. The van der Waals surface area contributed by atoms with Crippen molar-refractivity contribution in [3.8, 4) is 0 Å². The third-order valence-corrected chi connectivity index (χ3v) is 1.50. The van der Waals surface area contributed by atoms with Crippen molar-refractivity contribution in [3.63, 3.8) is 0 Å². The topological polar surface area (TPSA) is 69.2 Å². The molecule has 0 atom stereocenters. The van der Waals surface area contributed by atoms with Gasteiger partial charge >= 0.3 is 0 Å². The van der Waals surface area contributed by atoms with E-state index in [4.69, 9.17) is 12.6 Å². The van der Waals surface area contributed by atoms with Crippen molar-refractivity contribution < 1.29 is 31.9 Å². The van der Waals surface area contributed by atoms with Crippen molar-refractivity contribution >= 4 is 0 Å². The number of rotatable bonds is 2. The highest BCUT2D eigenvalue weighted by atomic mass is 80.0. The molecule has 0 aromatic heterocycles. The Kier molecular flexibility index (Phi) is 6.71. The normalized spacial score (nSPS) is 10.9. The Balaban J connectivity index is 0.000000423. The van der Waals surface area contributed by atoms with Crippen molar-refractivity contribution in [3.05, 3.63) is 35.9 Å². The standard InChI is InChI=1S/C10H16N.BrO3/c1-11(2,3)9-10-7-5-4-6-8-10;2-1(3)4/h4-8H,9H2,1-3H3;/q+1;-1. The van der Waals surface area contributed by atoms with E-state index in [9.17, 15) is 0 Å². The van der Waals surface area contributed by atoms with Gasteiger partial charge in [-0.25, -0.2) is 0 Å². The molecule has 0 aliphatic heterocycles. The first-order valence-corrected chi connectivity index (χ1v) is 6.33. The molecule has 0 saturated carbocycles. The van der Waals surface area contributed by atoms with Crippen LogP contribution in [0, 0.1) is 14.8 Å². The molecule has 5 heteroatoms. The highest BCUT2D eigenvalue weighted by Crippen LogP contribution is 2.04. The second-order valence-corrected chi connectivity index (χ2v) is 4.92. The second kappa shape index (κ2) is 6.92. The number of nitrogens with zero attached hydrogens (tertiary/aromatic N) is 1. The first-order chi connectivity index (χ1) is 6.81. The molecule has 0 spiro atoms. The SMILES string of the molecule is C[N+](C)(C)Cc1ccccc1.[O-][Br+2]([O-])[O-]. The van der Waals surface area contributed by atoms with Gasteiger partial charge in [-0.05, 0) is 0 Å². The Morgan fingerprint density at radius 3 is 1.73 bits per heavy atom. The van der Waals surface area contributed by atoms with Crippen LogP contribution in [0.3, 0.4) is 0 Å². The average molecular weight is 278 g/mol. The summed E-state index contributed by atoms with van der Waals surface area (Å²) in [6, 6.07) is 10.6. The van der Waals surface area contributed by atoms with Gasteiger partial charge in [0.05, 0.1) is 21.1 Å². The second-order valence-electron chi connectivity index (χ2n) is 4.12. The Labute approximate surface area is 95.8 Å². The molecule has 86 valence electrons. The molecule has 0 radical (unpaired) electrons. The van der Waals surface area contributed by atoms with Gasteiger partial charge in [-0.15, -0.1) is 0 Å². The lowest BCUT2D eigenvalue weighted by atomic mass is 10.2. The van der Waals surface area contributed by atoms with Crippen LogP contribution in [0.1, 0.15) is 5.56 Å². The summed E-state index contributed by atoms with van der Waals surface area (Å²) >= 11 is -3.65. The van der Waals surface area contributed by atoms with Gasteiger partial charge in [0.2, 0.25) is 14.8 Å². The van der Waals surface area contributed by atoms with Crippen molar-refractivity contribution in [1.82, 2.24) is 0 Å². The lowest BCUT2D eigenvalue weighted by Gasteiger charge is -2.23. The van der Waals surface area contributed by atoms with E-state index in [0.717, 1.165) is 11.0 Å². The van der Waals surface area contributed by atoms with Gasteiger partial charge in [0, 0.05) is 5.56 Å². The molecule has 0 unspecified atom stereocenters. The van der Waals surface area contributed by atoms with Crippen LogP contribution in [0.5, 0.6) is 0 Å². The third-order valence-electron chi connectivity index (χ3n) is 1.50. The van der Waals surface area contributed by atoms with Gasteiger partial charge in [0.1, 0.15) is 6.54 Å². The monoisotopic (exact) mass is 277 g/mol. The molecule has 0 N–H and O–H groups in total. The molecule has 0 aliphatic carbocycles.